The minimum atomic E-state index is -3.80. The van der Waals surface area contributed by atoms with E-state index in [1.54, 1.807) is 17.0 Å². The third kappa shape index (κ3) is 4.99. The highest BCUT2D eigenvalue weighted by Gasteiger charge is 2.23. The molecule has 0 radical (unpaired) electrons. The van der Waals surface area contributed by atoms with Crippen molar-refractivity contribution in [3.05, 3.63) is 53.6 Å². The molecular formula is C22H26N2O5S. The first-order chi connectivity index (χ1) is 14.3. The van der Waals surface area contributed by atoms with Gasteiger partial charge in [0.25, 0.3) is 10.0 Å². The maximum absolute atomic E-state index is 12.8. The molecule has 1 amide bonds. The SMILES string of the molecule is CCCCOC(=O)c1ccc(NS(=O)(=O)c2ccc3c(c2)CCCN3C(C)=O)cc1. The summed E-state index contributed by atoms with van der Waals surface area (Å²) >= 11 is 0. The molecule has 0 bridgehead atoms. The Labute approximate surface area is 177 Å². The number of carbonyl (C=O) groups excluding carboxylic acids is 2. The summed E-state index contributed by atoms with van der Waals surface area (Å²) < 4.78 is 33.3. The minimum Gasteiger partial charge on any atom is -0.462 e. The summed E-state index contributed by atoms with van der Waals surface area (Å²) in [6.07, 6.45) is 3.24. The van der Waals surface area contributed by atoms with Crippen LogP contribution in [0.2, 0.25) is 0 Å². The third-order valence-corrected chi connectivity index (χ3v) is 6.34. The Hall–Kier alpha value is -2.87. The first-order valence-electron chi connectivity index (χ1n) is 10.0. The van der Waals surface area contributed by atoms with Crippen LogP contribution in [0.3, 0.4) is 0 Å². The number of aryl methyl sites for hydroxylation is 1. The molecule has 7 nitrogen and oxygen atoms in total. The van der Waals surface area contributed by atoms with E-state index in [2.05, 4.69) is 4.72 Å². The molecule has 2 aromatic rings. The Bertz CT molecular complexity index is 1030. The lowest BCUT2D eigenvalue weighted by Gasteiger charge is -2.28. The van der Waals surface area contributed by atoms with Gasteiger partial charge in [-0.2, -0.15) is 0 Å². The molecule has 8 heteroatoms. The van der Waals surface area contributed by atoms with Crippen LogP contribution in [0.1, 0.15) is 49.0 Å². The van der Waals surface area contributed by atoms with E-state index in [-0.39, 0.29) is 10.8 Å². The Morgan fingerprint density at radius 2 is 1.87 bits per heavy atom. The molecule has 3 rings (SSSR count). The van der Waals surface area contributed by atoms with Gasteiger partial charge in [0.15, 0.2) is 0 Å². The summed E-state index contributed by atoms with van der Waals surface area (Å²) in [4.78, 5) is 25.6. The lowest BCUT2D eigenvalue weighted by atomic mass is 10.0. The molecule has 0 saturated carbocycles. The van der Waals surface area contributed by atoms with Crippen LogP contribution in [0.15, 0.2) is 47.4 Å². The van der Waals surface area contributed by atoms with Crippen molar-refractivity contribution in [2.24, 2.45) is 0 Å². The van der Waals surface area contributed by atoms with Gasteiger partial charge in [-0.25, -0.2) is 13.2 Å². The molecule has 0 unspecified atom stereocenters. The standard InChI is InChI=1S/C22H26N2O5S/c1-3-4-14-29-22(26)17-7-9-19(10-8-17)23-30(27,28)20-11-12-21-18(15-20)6-5-13-24(21)16(2)25/h7-12,15,23H,3-6,13-14H2,1-2H3. The molecule has 160 valence electrons. The van der Waals surface area contributed by atoms with E-state index in [0.717, 1.165) is 36.9 Å². The molecule has 2 aromatic carbocycles. The average molecular weight is 431 g/mol. The van der Waals surface area contributed by atoms with Crippen LogP contribution < -0.4 is 9.62 Å². The fourth-order valence-electron chi connectivity index (χ4n) is 3.35. The molecular weight excluding hydrogens is 404 g/mol. The average Bonchev–Trinajstić information content (AvgIpc) is 2.73. The zero-order chi connectivity index (χ0) is 21.7. The number of nitrogens with zero attached hydrogens (tertiary/aromatic N) is 1. The van der Waals surface area contributed by atoms with Crippen molar-refractivity contribution in [1.29, 1.82) is 0 Å². The van der Waals surface area contributed by atoms with Crippen LogP contribution in [0.5, 0.6) is 0 Å². The van der Waals surface area contributed by atoms with Gasteiger partial charge in [-0.1, -0.05) is 13.3 Å². The van der Waals surface area contributed by atoms with Gasteiger partial charge in [0, 0.05) is 24.8 Å². The minimum absolute atomic E-state index is 0.0574. The van der Waals surface area contributed by atoms with Crippen molar-refractivity contribution in [2.75, 3.05) is 22.8 Å². The van der Waals surface area contributed by atoms with Crippen molar-refractivity contribution in [2.45, 2.75) is 44.4 Å². The highest BCUT2D eigenvalue weighted by Crippen LogP contribution is 2.30. The van der Waals surface area contributed by atoms with Crippen molar-refractivity contribution < 1.29 is 22.7 Å². The van der Waals surface area contributed by atoms with Gasteiger partial charge in [0.1, 0.15) is 0 Å². The number of amides is 1. The van der Waals surface area contributed by atoms with Crippen LogP contribution >= 0.6 is 0 Å². The van der Waals surface area contributed by atoms with E-state index in [0.29, 0.717) is 24.4 Å². The molecule has 0 saturated heterocycles. The molecule has 0 aliphatic carbocycles. The first kappa shape index (κ1) is 21.8. The second-order valence-electron chi connectivity index (χ2n) is 7.24. The number of anilines is 2. The lowest BCUT2D eigenvalue weighted by Crippen LogP contribution is -2.33. The van der Waals surface area contributed by atoms with Crippen LogP contribution in [0, 0.1) is 0 Å². The van der Waals surface area contributed by atoms with Crippen LogP contribution in [-0.4, -0.2) is 33.4 Å². The highest BCUT2D eigenvalue weighted by atomic mass is 32.2. The van der Waals surface area contributed by atoms with Gasteiger partial charge in [-0.05, 0) is 67.3 Å². The van der Waals surface area contributed by atoms with Gasteiger partial charge in [-0.3, -0.25) is 9.52 Å². The number of hydrogen-bond acceptors (Lipinski definition) is 5. The number of rotatable bonds is 7. The molecule has 0 spiro atoms. The second-order valence-corrected chi connectivity index (χ2v) is 8.92. The summed E-state index contributed by atoms with van der Waals surface area (Å²) in [6, 6.07) is 10.9. The van der Waals surface area contributed by atoms with Crippen LogP contribution in [0.25, 0.3) is 0 Å². The predicted octanol–water partition coefficient (Wildman–Crippen LogP) is 3.74. The van der Waals surface area contributed by atoms with E-state index in [4.69, 9.17) is 4.74 Å². The summed E-state index contributed by atoms with van der Waals surface area (Å²) in [5.74, 6) is -0.486. The van der Waals surface area contributed by atoms with Gasteiger partial charge in [-0.15, -0.1) is 0 Å². The van der Waals surface area contributed by atoms with Crippen molar-refractivity contribution in [3.63, 3.8) is 0 Å². The Morgan fingerprint density at radius 3 is 2.53 bits per heavy atom. The van der Waals surface area contributed by atoms with Crippen molar-refractivity contribution >= 4 is 33.3 Å². The molecule has 1 aliphatic rings. The zero-order valence-electron chi connectivity index (χ0n) is 17.2. The third-order valence-electron chi connectivity index (χ3n) is 4.96. The van der Waals surface area contributed by atoms with E-state index in [9.17, 15) is 18.0 Å². The summed E-state index contributed by atoms with van der Waals surface area (Å²) in [6.45, 7) is 4.52. The molecule has 0 atom stereocenters. The normalized spacial score (nSPS) is 13.5. The topological polar surface area (TPSA) is 92.8 Å². The van der Waals surface area contributed by atoms with E-state index in [1.165, 1.54) is 37.3 Å². The number of fused-ring (bicyclic) bond motifs is 1. The highest BCUT2D eigenvalue weighted by molar-refractivity contribution is 7.92. The number of carbonyl (C=O) groups is 2. The molecule has 1 aliphatic heterocycles. The van der Waals surface area contributed by atoms with Crippen molar-refractivity contribution in [1.82, 2.24) is 0 Å². The van der Waals surface area contributed by atoms with Gasteiger partial charge >= 0.3 is 5.97 Å². The Morgan fingerprint density at radius 1 is 1.13 bits per heavy atom. The molecule has 0 fully saturated rings. The van der Waals surface area contributed by atoms with E-state index >= 15 is 0 Å². The number of unbranched alkanes of at least 4 members (excludes halogenated alkanes) is 1. The Balaban J connectivity index is 1.74. The first-order valence-corrected chi connectivity index (χ1v) is 11.5. The largest absolute Gasteiger partial charge is 0.462 e. The molecule has 1 N–H and O–H groups in total. The predicted molar refractivity (Wildman–Crippen MR) is 115 cm³/mol. The monoisotopic (exact) mass is 430 g/mol. The quantitative estimate of drug-likeness (QED) is 0.534. The molecule has 0 aromatic heterocycles. The van der Waals surface area contributed by atoms with Gasteiger partial charge in [0.05, 0.1) is 17.1 Å². The van der Waals surface area contributed by atoms with Gasteiger partial charge < -0.3 is 9.64 Å². The van der Waals surface area contributed by atoms with Crippen molar-refractivity contribution in [3.8, 4) is 0 Å². The van der Waals surface area contributed by atoms with E-state index in [1.807, 2.05) is 6.92 Å². The number of esters is 1. The number of hydrogen-bond donors (Lipinski definition) is 1. The Kier molecular flexibility index (Phi) is 6.77. The number of ether oxygens (including phenoxy) is 1. The summed E-state index contributed by atoms with van der Waals surface area (Å²) in [5, 5.41) is 0. The fourth-order valence-corrected chi connectivity index (χ4v) is 4.46. The van der Waals surface area contributed by atoms with Crippen LogP contribution in [-0.2, 0) is 26.0 Å². The smallest absolute Gasteiger partial charge is 0.338 e. The maximum atomic E-state index is 12.8. The zero-order valence-corrected chi connectivity index (χ0v) is 18.0. The van der Waals surface area contributed by atoms with Crippen LogP contribution in [0.4, 0.5) is 11.4 Å². The number of benzene rings is 2. The molecule has 1 heterocycles. The number of nitrogens with one attached hydrogen (secondary N) is 1. The summed E-state index contributed by atoms with van der Waals surface area (Å²) in [5.41, 5.74) is 2.32. The second kappa shape index (κ2) is 9.30. The maximum Gasteiger partial charge on any atom is 0.338 e. The van der Waals surface area contributed by atoms with E-state index < -0.39 is 16.0 Å². The summed E-state index contributed by atoms with van der Waals surface area (Å²) in [7, 11) is -3.80. The molecule has 30 heavy (non-hydrogen) atoms. The lowest BCUT2D eigenvalue weighted by molar-refractivity contribution is -0.116. The number of sulfonamides is 1. The van der Waals surface area contributed by atoms with Gasteiger partial charge in [0.2, 0.25) is 5.91 Å². The fraction of sp³-hybridized carbons (Fsp3) is 0.364.